The number of amides is 1. The smallest absolute Gasteiger partial charge is 0.341 e. The van der Waals surface area contributed by atoms with Crippen molar-refractivity contribution in [1.29, 1.82) is 0 Å². The largest absolute Gasteiger partial charge is 0.493 e. The molecule has 1 aliphatic carbocycles. The summed E-state index contributed by atoms with van der Waals surface area (Å²) in [6, 6.07) is 4.94. The van der Waals surface area contributed by atoms with Gasteiger partial charge in [0.25, 0.3) is 5.91 Å². The molecule has 1 atom stereocenters. The highest BCUT2D eigenvalue weighted by molar-refractivity contribution is 5.99. The molecule has 0 radical (unpaired) electrons. The zero-order chi connectivity index (χ0) is 18.4. The van der Waals surface area contributed by atoms with Gasteiger partial charge in [-0.15, -0.1) is 0 Å². The Bertz CT molecular complexity index is 626. The minimum Gasteiger partial charge on any atom is -0.493 e. The molecule has 0 spiro atoms. The lowest BCUT2D eigenvalue weighted by atomic mass is 9.98. The van der Waals surface area contributed by atoms with Crippen LogP contribution in [0.1, 0.15) is 50.4 Å². The lowest BCUT2D eigenvalue weighted by Gasteiger charge is -2.28. The van der Waals surface area contributed by atoms with Crippen molar-refractivity contribution < 1.29 is 23.8 Å². The van der Waals surface area contributed by atoms with Crippen molar-refractivity contribution in [3.63, 3.8) is 0 Å². The molecular formula is C19H27NO5. The molecule has 0 bridgehead atoms. The van der Waals surface area contributed by atoms with E-state index in [1.165, 1.54) is 7.11 Å². The maximum atomic E-state index is 12.8. The number of esters is 1. The van der Waals surface area contributed by atoms with Gasteiger partial charge in [0.05, 0.1) is 13.7 Å². The number of hydrogen-bond acceptors (Lipinski definition) is 5. The third kappa shape index (κ3) is 4.51. The van der Waals surface area contributed by atoms with Crippen LogP contribution in [0.2, 0.25) is 0 Å². The highest BCUT2D eigenvalue weighted by Crippen LogP contribution is 2.42. The van der Waals surface area contributed by atoms with Crippen LogP contribution in [0.4, 0.5) is 5.69 Å². The highest BCUT2D eigenvalue weighted by atomic mass is 16.5. The summed E-state index contributed by atoms with van der Waals surface area (Å²) in [6.07, 6.45) is 2.83. The summed E-state index contributed by atoms with van der Waals surface area (Å²) in [5.74, 6) is -0.0310. The van der Waals surface area contributed by atoms with Crippen molar-refractivity contribution in [3.8, 4) is 5.75 Å². The normalized spacial score (nSPS) is 16.0. The van der Waals surface area contributed by atoms with Gasteiger partial charge >= 0.3 is 5.97 Å². The second kappa shape index (κ2) is 8.34. The Labute approximate surface area is 148 Å². The fourth-order valence-corrected chi connectivity index (χ4v) is 2.73. The van der Waals surface area contributed by atoms with Gasteiger partial charge in [-0.25, -0.2) is 4.79 Å². The predicted molar refractivity (Wildman–Crippen MR) is 95.0 cm³/mol. The Morgan fingerprint density at radius 1 is 1.28 bits per heavy atom. The summed E-state index contributed by atoms with van der Waals surface area (Å²) in [5.41, 5.74) is -0.0504. The van der Waals surface area contributed by atoms with Crippen molar-refractivity contribution in [1.82, 2.24) is 0 Å². The molecule has 1 saturated carbocycles. The standard InChI is InChI=1S/C19H27NO5/c1-5-11-25-19(3,13-7-8-13)18(22)20-14-9-10-16(24-6-2)15(12-14)17(21)23-4/h9-10,12-13H,5-8,11H2,1-4H3,(H,20,22). The number of anilines is 1. The van der Waals surface area contributed by atoms with Crippen LogP contribution in [0.25, 0.3) is 0 Å². The maximum absolute atomic E-state index is 12.8. The van der Waals surface area contributed by atoms with E-state index in [0.29, 0.717) is 24.7 Å². The summed E-state index contributed by atoms with van der Waals surface area (Å²) in [6.45, 7) is 6.66. The Hall–Kier alpha value is -2.08. The lowest BCUT2D eigenvalue weighted by molar-refractivity contribution is -0.142. The van der Waals surface area contributed by atoms with Crippen LogP contribution < -0.4 is 10.1 Å². The molecule has 1 aromatic rings. The molecule has 6 nitrogen and oxygen atoms in total. The van der Waals surface area contributed by atoms with Crippen molar-refractivity contribution >= 4 is 17.6 Å². The lowest BCUT2D eigenvalue weighted by Crippen LogP contribution is -2.45. The number of hydrogen-bond donors (Lipinski definition) is 1. The average Bonchev–Trinajstić information content (AvgIpc) is 3.45. The van der Waals surface area contributed by atoms with E-state index in [4.69, 9.17) is 14.2 Å². The van der Waals surface area contributed by atoms with Gasteiger partial charge in [-0.2, -0.15) is 0 Å². The van der Waals surface area contributed by atoms with Crippen LogP contribution in [-0.2, 0) is 14.3 Å². The molecule has 6 heteroatoms. The monoisotopic (exact) mass is 349 g/mol. The van der Waals surface area contributed by atoms with Crippen LogP contribution in [0.15, 0.2) is 18.2 Å². The number of nitrogens with one attached hydrogen (secondary N) is 1. The van der Waals surface area contributed by atoms with Gasteiger partial charge in [-0.3, -0.25) is 4.79 Å². The van der Waals surface area contributed by atoms with Crippen LogP contribution in [0, 0.1) is 5.92 Å². The molecule has 138 valence electrons. The van der Waals surface area contributed by atoms with Crippen LogP contribution in [-0.4, -0.2) is 37.8 Å². The molecule has 1 unspecified atom stereocenters. The van der Waals surface area contributed by atoms with Crippen molar-refractivity contribution in [2.75, 3.05) is 25.6 Å². The zero-order valence-electron chi connectivity index (χ0n) is 15.4. The van der Waals surface area contributed by atoms with Gasteiger partial charge in [0.15, 0.2) is 0 Å². The second-order valence-corrected chi connectivity index (χ2v) is 6.32. The zero-order valence-corrected chi connectivity index (χ0v) is 15.4. The molecule has 0 aliphatic heterocycles. The first kappa shape index (κ1) is 19.2. The fraction of sp³-hybridized carbons (Fsp3) is 0.579. The van der Waals surface area contributed by atoms with Gasteiger partial charge in [-0.1, -0.05) is 6.92 Å². The summed E-state index contributed by atoms with van der Waals surface area (Å²) in [5, 5.41) is 2.87. The molecule has 0 aromatic heterocycles. The number of rotatable bonds is 9. The highest BCUT2D eigenvalue weighted by Gasteiger charge is 2.48. The Morgan fingerprint density at radius 3 is 2.56 bits per heavy atom. The first-order chi connectivity index (χ1) is 12.0. The summed E-state index contributed by atoms with van der Waals surface area (Å²) < 4.78 is 16.1. The number of ether oxygens (including phenoxy) is 3. The third-order valence-corrected chi connectivity index (χ3v) is 4.36. The predicted octanol–water partition coefficient (Wildman–Crippen LogP) is 3.41. The summed E-state index contributed by atoms with van der Waals surface area (Å²) in [4.78, 5) is 24.8. The molecule has 1 N–H and O–H groups in total. The number of carbonyl (C=O) groups excluding carboxylic acids is 2. The Morgan fingerprint density at radius 2 is 2.00 bits per heavy atom. The first-order valence-corrected chi connectivity index (χ1v) is 8.76. The van der Waals surface area contributed by atoms with E-state index in [1.54, 1.807) is 18.2 Å². The molecule has 1 fully saturated rings. The van der Waals surface area contributed by atoms with E-state index in [2.05, 4.69) is 5.32 Å². The van der Waals surface area contributed by atoms with Gasteiger partial charge in [0.2, 0.25) is 0 Å². The molecule has 1 amide bonds. The van der Waals surface area contributed by atoms with Crippen LogP contribution in [0.5, 0.6) is 5.75 Å². The minimum atomic E-state index is -0.847. The molecule has 1 aromatic carbocycles. The Balaban J connectivity index is 2.20. The van der Waals surface area contributed by atoms with Gasteiger partial charge in [-0.05, 0) is 57.2 Å². The quantitative estimate of drug-likeness (QED) is 0.692. The van der Waals surface area contributed by atoms with E-state index in [9.17, 15) is 9.59 Å². The first-order valence-electron chi connectivity index (χ1n) is 8.76. The van der Waals surface area contributed by atoms with Crippen LogP contribution in [0.3, 0.4) is 0 Å². The summed E-state index contributed by atoms with van der Waals surface area (Å²) >= 11 is 0. The molecule has 0 heterocycles. The van der Waals surface area contributed by atoms with E-state index in [-0.39, 0.29) is 17.4 Å². The molecule has 2 rings (SSSR count). The topological polar surface area (TPSA) is 73.9 Å². The Kier molecular flexibility index (Phi) is 6.42. The number of carbonyl (C=O) groups is 2. The average molecular weight is 349 g/mol. The number of methoxy groups -OCH3 is 1. The summed E-state index contributed by atoms with van der Waals surface area (Å²) in [7, 11) is 1.31. The van der Waals surface area contributed by atoms with Crippen molar-refractivity contribution in [2.24, 2.45) is 5.92 Å². The van der Waals surface area contributed by atoms with E-state index in [1.807, 2.05) is 20.8 Å². The third-order valence-electron chi connectivity index (χ3n) is 4.36. The van der Waals surface area contributed by atoms with Crippen molar-refractivity contribution in [2.45, 2.75) is 45.6 Å². The van der Waals surface area contributed by atoms with E-state index >= 15 is 0 Å². The van der Waals surface area contributed by atoms with E-state index in [0.717, 1.165) is 19.3 Å². The van der Waals surface area contributed by atoms with Gasteiger partial charge < -0.3 is 19.5 Å². The van der Waals surface area contributed by atoms with Gasteiger partial charge in [0, 0.05) is 12.3 Å². The minimum absolute atomic E-state index is 0.191. The maximum Gasteiger partial charge on any atom is 0.341 e. The van der Waals surface area contributed by atoms with Crippen molar-refractivity contribution in [3.05, 3.63) is 23.8 Å². The molecule has 0 saturated heterocycles. The van der Waals surface area contributed by atoms with Crippen LogP contribution >= 0.6 is 0 Å². The van der Waals surface area contributed by atoms with E-state index < -0.39 is 11.6 Å². The number of benzene rings is 1. The fourth-order valence-electron chi connectivity index (χ4n) is 2.73. The van der Waals surface area contributed by atoms with Gasteiger partial charge in [0.1, 0.15) is 16.9 Å². The molecule has 1 aliphatic rings. The SMILES string of the molecule is CCCOC(C)(C(=O)Nc1ccc(OCC)c(C(=O)OC)c1)C1CC1. The molecular weight excluding hydrogens is 322 g/mol. The second-order valence-electron chi connectivity index (χ2n) is 6.32. The molecule has 25 heavy (non-hydrogen) atoms.